The molecule has 7 nitrogen and oxygen atoms in total. The van der Waals surface area contributed by atoms with E-state index in [1.54, 1.807) is 19.2 Å². The number of hydrogen-bond donors (Lipinski definition) is 2. The number of ether oxygens (including phenoxy) is 1. The third-order valence-electron chi connectivity index (χ3n) is 4.10. The highest BCUT2D eigenvalue weighted by Crippen LogP contribution is 2.28. The highest BCUT2D eigenvalue weighted by Gasteiger charge is 2.24. The number of anilines is 1. The van der Waals surface area contributed by atoms with Crippen LogP contribution in [0.3, 0.4) is 0 Å². The fourth-order valence-electron chi connectivity index (χ4n) is 2.65. The number of nitro benzene ring substituents is 1. The molecule has 0 saturated heterocycles. The maximum Gasteiger partial charge on any atom is 0.282 e. The van der Waals surface area contributed by atoms with Crippen LogP contribution in [0.1, 0.15) is 25.5 Å². The Kier molecular flexibility index (Phi) is 6.40. The van der Waals surface area contributed by atoms with E-state index in [-0.39, 0.29) is 22.7 Å². The van der Waals surface area contributed by atoms with E-state index in [1.807, 2.05) is 0 Å². The molecule has 2 aromatic rings. The van der Waals surface area contributed by atoms with E-state index in [1.165, 1.54) is 31.4 Å². The minimum atomic E-state index is -0.688. The number of benzene rings is 2. The molecule has 0 aromatic heterocycles. The number of nitrogens with one attached hydrogen (secondary N) is 1. The number of nitrogens with two attached hydrogens (primary N) is 1. The number of carbonyl (C=O) groups excluding carboxylic acids is 1. The van der Waals surface area contributed by atoms with E-state index < -0.39 is 34.5 Å². The molecule has 0 saturated carbocycles. The molecule has 0 bridgehead atoms. The first kappa shape index (κ1) is 20.2. The minimum Gasteiger partial charge on any atom is -0.495 e. The van der Waals surface area contributed by atoms with Gasteiger partial charge in [-0.3, -0.25) is 14.9 Å². The molecule has 0 radical (unpaired) electrons. The van der Waals surface area contributed by atoms with E-state index in [0.717, 1.165) is 12.1 Å². The van der Waals surface area contributed by atoms with Gasteiger partial charge in [0.2, 0.25) is 0 Å². The number of carbonyl (C=O) groups is 1. The number of non-ortho nitro benzene ring substituents is 1. The monoisotopic (exact) mass is 380 g/mol. The molecule has 0 fully saturated rings. The van der Waals surface area contributed by atoms with Gasteiger partial charge in [-0.05, 0) is 32.0 Å². The summed E-state index contributed by atoms with van der Waals surface area (Å²) >= 11 is 0. The Morgan fingerprint density at radius 3 is 2.52 bits per heavy atom. The van der Waals surface area contributed by atoms with Gasteiger partial charge in [0, 0.05) is 23.8 Å². The topological polar surface area (TPSA) is 98.1 Å². The molecule has 0 aliphatic rings. The summed E-state index contributed by atoms with van der Waals surface area (Å²) in [5, 5.41) is 15.1. The van der Waals surface area contributed by atoms with Crippen LogP contribution in [0.5, 0.6) is 5.75 Å². The molecule has 9 heteroatoms. The number of nitrogens with zero attached hydrogens (tertiary/aromatic N) is 1. The summed E-state index contributed by atoms with van der Waals surface area (Å²) in [6.07, 6.45) is 0. The number of quaternary nitrogens is 1. The van der Waals surface area contributed by atoms with E-state index in [9.17, 15) is 23.7 Å². The molecule has 0 unspecified atom stereocenters. The van der Waals surface area contributed by atoms with Crippen molar-refractivity contribution in [1.29, 1.82) is 0 Å². The average Bonchev–Trinajstić information content (AvgIpc) is 2.61. The minimum absolute atomic E-state index is 0.164. The Labute approximate surface area is 154 Å². The third-order valence-corrected chi connectivity index (χ3v) is 4.10. The summed E-state index contributed by atoms with van der Waals surface area (Å²) in [5.74, 6) is -1.53. The first-order valence-electron chi connectivity index (χ1n) is 8.16. The molecule has 144 valence electrons. The lowest BCUT2D eigenvalue weighted by Gasteiger charge is -2.18. The predicted octanol–water partition coefficient (Wildman–Crippen LogP) is 2.53. The Hall–Kier alpha value is -3.07. The van der Waals surface area contributed by atoms with Crippen LogP contribution >= 0.6 is 0 Å². The summed E-state index contributed by atoms with van der Waals surface area (Å²) in [4.78, 5) is 22.8. The Morgan fingerprint density at radius 2 is 1.93 bits per heavy atom. The quantitative estimate of drug-likeness (QED) is 0.570. The van der Waals surface area contributed by atoms with Crippen molar-refractivity contribution in [2.24, 2.45) is 0 Å². The molecule has 0 spiro atoms. The van der Waals surface area contributed by atoms with Gasteiger partial charge in [0.05, 0.1) is 17.7 Å². The highest BCUT2D eigenvalue weighted by molar-refractivity contribution is 5.95. The van der Waals surface area contributed by atoms with Crippen molar-refractivity contribution in [3.63, 3.8) is 0 Å². The van der Waals surface area contributed by atoms with Crippen LogP contribution in [-0.2, 0) is 4.79 Å². The molecule has 27 heavy (non-hydrogen) atoms. The number of halogens is 2. The molecule has 2 rings (SSSR count). The summed E-state index contributed by atoms with van der Waals surface area (Å²) in [7, 11) is 1.38. The molecule has 2 aromatic carbocycles. The van der Waals surface area contributed by atoms with E-state index in [4.69, 9.17) is 4.74 Å². The molecular formula is C18H20F2N3O4+. The van der Waals surface area contributed by atoms with Gasteiger partial charge in [-0.25, -0.2) is 8.78 Å². The van der Waals surface area contributed by atoms with Crippen LogP contribution in [0.15, 0.2) is 36.4 Å². The van der Waals surface area contributed by atoms with Crippen molar-refractivity contribution >= 4 is 17.3 Å². The highest BCUT2D eigenvalue weighted by atomic mass is 19.1. The smallest absolute Gasteiger partial charge is 0.282 e. The van der Waals surface area contributed by atoms with Crippen LogP contribution in [0.2, 0.25) is 0 Å². The molecule has 0 heterocycles. The van der Waals surface area contributed by atoms with Gasteiger partial charge < -0.3 is 15.4 Å². The summed E-state index contributed by atoms with van der Waals surface area (Å²) in [5.41, 5.74) is 0.242. The molecular weight excluding hydrogens is 360 g/mol. The largest absolute Gasteiger partial charge is 0.495 e. The van der Waals surface area contributed by atoms with Crippen molar-refractivity contribution in [1.82, 2.24) is 0 Å². The zero-order valence-electron chi connectivity index (χ0n) is 15.0. The first-order chi connectivity index (χ1) is 12.7. The molecule has 1 amide bonds. The molecule has 0 aliphatic carbocycles. The number of rotatable bonds is 7. The van der Waals surface area contributed by atoms with Crippen LogP contribution in [0.4, 0.5) is 20.2 Å². The van der Waals surface area contributed by atoms with Crippen molar-refractivity contribution in [3.8, 4) is 5.75 Å². The second-order valence-corrected chi connectivity index (χ2v) is 6.07. The third kappa shape index (κ3) is 4.98. The van der Waals surface area contributed by atoms with Gasteiger partial charge in [0.25, 0.3) is 11.6 Å². The Morgan fingerprint density at radius 1 is 1.22 bits per heavy atom. The average molecular weight is 380 g/mol. The number of methoxy groups -OCH3 is 1. The van der Waals surface area contributed by atoms with Gasteiger partial charge in [-0.2, -0.15) is 0 Å². The zero-order valence-corrected chi connectivity index (χ0v) is 15.0. The van der Waals surface area contributed by atoms with Gasteiger partial charge in [-0.15, -0.1) is 0 Å². The normalized spacial score (nSPS) is 12.9. The Balaban J connectivity index is 2.11. The van der Waals surface area contributed by atoms with Gasteiger partial charge in [0.1, 0.15) is 23.4 Å². The van der Waals surface area contributed by atoms with E-state index in [2.05, 4.69) is 5.32 Å². The summed E-state index contributed by atoms with van der Waals surface area (Å²) in [6.45, 7) is 3.30. The number of hydrogen-bond acceptors (Lipinski definition) is 4. The maximum atomic E-state index is 13.9. The Bertz CT molecular complexity index is 860. The van der Waals surface area contributed by atoms with Gasteiger partial charge in [-0.1, -0.05) is 0 Å². The lowest BCUT2D eigenvalue weighted by atomic mass is 10.1. The van der Waals surface area contributed by atoms with Crippen molar-refractivity contribution in [3.05, 3.63) is 63.7 Å². The summed E-state index contributed by atoms with van der Waals surface area (Å²) < 4.78 is 32.0. The van der Waals surface area contributed by atoms with Gasteiger partial charge in [0.15, 0.2) is 6.04 Å². The first-order valence-corrected chi connectivity index (χ1v) is 8.16. The predicted molar refractivity (Wildman–Crippen MR) is 94.4 cm³/mol. The molecule has 0 aliphatic heterocycles. The zero-order chi connectivity index (χ0) is 20.1. The maximum absolute atomic E-state index is 13.9. The standard InChI is InChI=1S/C18H19F2N3O4/c1-10(14-6-4-12(19)8-15(14)20)21-11(2)18(24)22-16-9-13(23(25)26)5-7-17(16)27-3/h4-11,21H,1-3H3,(H,22,24)/p+1/t10-,11+/m0/s1. The van der Waals surface area contributed by atoms with Crippen LogP contribution < -0.4 is 15.4 Å². The fraction of sp³-hybridized carbons (Fsp3) is 0.278. The van der Waals surface area contributed by atoms with Crippen LogP contribution in [0.25, 0.3) is 0 Å². The molecule has 3 N–H and O–H groups in total. The SMILES string of the molecule is COc1ccc([N+](=O)[O-])cc1NC(=O)[C@@H](C)[NH2+][C@@H](C)c1ccc(F)cc1F. The summed E-state index contributed by atoms with van der Waals surface area (Å²) in [6, 6.07) is 6.04. The lowest BCUT2D eigenvalue weighted by molar-refractivity contribution is -0.710. The number of amides is 1. The van der Waals surface area contributed by atoms with E-state index in [0.29, 0.717) is 0 Å². The number of nitro groups is 1. The second kappa shape index (κ2) is 8.54. The van der Waals surface area contributed by atoms with E-state index >= 15 is 0 Å². The molecule has 2 atom stereocenters. The lowest BCUT2D eigenvalue weighted by Crippen LogP contribution is -2.91. The van der Waals surface area contributed by atoms with Crippen molar-refractivity contribution in [2.75, 3.05) is 12.4 Å². The second-order valence-electron chi connectivity index (χ2n) is 6.07. The van der Waals surface area contributed by atoms with Crippen LogP contribution in [-0.4, -0.2) is 24.0 Å². The van der Waals surface area contributed by atoms with Crippen molar-refractivity contribution < 1.29 is 28.6 Å². The van der Waals surface area contributed by atoms with Crippen LogP contribution in [0, 0.1) is 21.7 Å². The fourth-order valence-corrected chi connectivity index (χ4v) is 2.65. The van der Waals surface area contributed by atoms with Crippen molar-refractivity contribution in [2.45, 2.75) is 25.9 Å². The van der Waals surface area contributed by atoms with Gasteiger partial charge >= 0.3 is 0 Å².